The number of amides is 2. The first kappa shape index (κ1) is 23.8. The summed E-state index contributed by atoms with van der Waals surface area (Å²) in [5.41, 5.74) is 1.63. The van der Waals surface area contributed by atoms with Crippen molar-refractivity contribution in [3.63, 3.8) is 0 Å². The number of rotatable bonds is 8. The number of hydrogen-bond donors (Lipinski definition) is 0. The first-order valence-electron chi connectivity index (χ1n) is 11.8. The van der Waals surface area contributed by atoms with Gasteiger partial charge in [0.2, 0.25) is 11.8 Å². The van der Waals surface area contributed by atoms with E-state index in [1.165, 1.54) is 0 Å². The zero-order valence-electron chi connectivity index (χ0n) is 20.4. The zero-order chi connectivity index (χ0) is 24.2. The number of aromatic nitrogens is 2. The summed E-state index contributed by atoms with van der Waals surface area (Å²) in [7, 11) is 3.21. The van der Waals surface area contributed by atoms with Crippen LogP contribution in [0.5, 0.6) is 11.5 Å². The smallest absolute Gasteiger partial charge is 0.242 e. The molecular weight excluding hydrogens is 434 g/mol. The maximum atomic E-state index is 12.9. The summed E-state index contributed by atoms with van der Waals surface area (Å²) in [4.78, 5) is 31.1. The third kappa shape index (κ3) is 5.24. The second-order valence-corrected chi connectivity index (χ2v) is 9.05. The molecule has 182 valence electrons. The van der Waals surface area contributed by atoms with E-state index in [4.69, 9.17) is 9.47 Å². The highest BCUT2D eigenvalue weighted by molar-refractivity contribution is 5.87. The number of anilines is 1. The van der Waals surface area contributed by atoms with Crippen molar-refractivity contribution in [3.8, 4) is 22.8 Å². The quantitative estimate of drug-likeness (QED) is 0.589. The molecule has 9 heteroatoms. The van der Waals surface area contributed by atoms with Crippen LogP contribution in [0.25, 0.3) is 11.3 Å². The van der Waals surface area contributed by atoms with Gasteiger partial charge in [-0.2, -0.15) is 0 Å². The van der Waals surface area contributed by atoms with Gasteiger partial charge in [-0.05, 0) is 57.0 Å². The molecule has 2 aliphatic rings. The fraction of sp³-hybridized carbons (Fsp3) is 0.520. The van der Waals surface area contributed by atoms with Crippen molar-refractivity contribution in [2.45, 2.75) is 32.7 Å². The van der Waals surface area contributed by atoms with E-state index in [-0.39, 0.29) is 30.3 Å². The normalized spacial score (nSPS) is 15.9. The van der Waals surface area contributed by atoms with Gasteiger partial charge in [-0.25, -0.2) is 0 Å². The first-order valence-corrected chi connectivity index (χ1v) is 11.8. The molecule has 1 aromatic heterocycles. The van der Waals surface area contributed by atoms with Gasteiger partial charge in [-0.1, -0.05) is 0 Å². The van der Waals surface area contributed by atoms with Gasteiger partial charge in [0.1, 0.15) is 0 Å². The van der Waals surface area contributed by atoms with Crippen molar-refractivity contribution in [2.24, 2.45) is 5.92 Å². The number of ether oxygens (including phenoxy) is 2. The van der Waals surface area contributed by atoms with Crippen LogP contribution in [-0.2, 0) is 9.59 Å². The molecule has 34 heavy (non-hydrogen) atoms. The van der Waals surface area contributed by atoms with Crippen molar-refractivity contribution in [3.05, 3.63) is 30.3 Å². The Morgan fingerprint density at radius 3 is 2.26 bits per heavy atom. The summed E-state index contributed by atoms with van der Waals surface area (Å²) in [6.45, 7) is 6.64. The van der Waals surface area contributed by atoms with E-state index in [1.807, 2.05) is 49.1 Å². The van der Waals surface area contributed by atoms with Crippen LogP contribution >= 0.6 is 0 Å². The average Bonchev–Trinajstić information content (AvgIpc) is 3.72. The van der Waals surface area contributed by atoms with Crippen molar-refractivity contribution in [2.75, 3.05) is 51.8 Å². The predicted octanol–water partition coefficient (Wildman–Crippen LogP) is 2.46. The zero-order valence-corrected chi connectivity index (χ0v) is 20.4. The number of carbonyl (C=O) groups is 2. The SMILES string of the molecule is COc1ccc(-c2ccc(N3CCN(C(=O)CN(C(=O)C4CC4)C(C)C)CC3)nn2)cc1OC. The van der Waals surface area contributed by atoms with Gasteiger partial charge in [0.05, 0.1) is 26.5 Å². The van der Waals surface area contributed by atoms with E-state index in [2.05, 4.69) is 15.1 Å². The molecule has 2 amide bonds. The molecule has 2 heterocycles. The van der Waals surface area contributed by atoms with E-state index in [0.717, 1.165) is 29.9 Å². The highest BCUT2D eigenvalue weighted by Crippen LogP contribution is 2.32. The molecule has 0 bridgehead atoms. The van der Waals surface area contributed by atoms with Crippen molar-refractivity contribution >= 4 is 17.6 Å². The first-order chi connectivity index (χ1) is 16.4. The minimum absolute atomic E-state index is 0.0113. The maximum absolute atomic E-state index is 12.9. The molecule has 4 rings (SSSR count). The Kier molecular flexibility index (Phi) is 7.19. The highest BCUT2D eigenvalue weighted by atomic mass is 16.5. The number of methoxy groups -OCH3 is 2. The number of hydrogen-bond acceptors (Lipinski definition) is 7. The topological polar surface area (TPSA) is 88.1 Å². The Morgan fingerprint density at radius 2 is 1.71 bits per heavy atom. The van der Waals surface area contributed by atoms with Gasteiger partial charge in [0.25, 0.3) is 0 Å². The van der Waals surface area contributed by atoms with Crippen LogP contribution in [0.1, 0.15) is 26.7 Å². The predicted molar refractivity (Wildman–Crippen MR) is 129 cm³/mol. The summed E-state index contributed by atoms with van der Waals surface area (Å²) in [5, 5.41) is 8.81. The van der Waals surface area contributed by atoms with Crippen molar-refractivity contribution in [1.82, 2.24) is 20.0 Å². The Bertz CT molecular complexity index is 1010. The lowest BCUT2D eigenvalue weighted by atomic mass is 10.1. The molecular formula is C25H33N5O4. The highest BCUT2D eigenvalue weighted by Gasteiger charge is 2.36. The molecule has 0 unspecified atom stereocenters. The molecule has 0 radical (unpaired) electrons. The fourth-order valence-electron chi connectivity index (χ4n) is 4.15. The standard InChI is InChI=1S/C25H33N5O4/c1-17(2)30(25(32)18-5-6-18)16-24(31)29-13-11-28(12-14-29)23-10-8-20(26-27-23)19-7-9-21(33-3)22(15-19)34-4/h7-10,15,17-18H,5-6,11-14,16H2,1-4H3. The summed E-state index contributed by atoms with van der Waals surface area (Å²) >= 11 is 0. The van der Waals surface area contributed by atoms with E-state index < -0.39 is 0 Å². The molecule has 9 nitrogen and oxygen atoms in total. The lowest BCUT2D eigenvalue weighted by Crippen LogP contribution is -2.53. The summed E-state index contributed by atoms with van der Waals surface area (Å²) in [5.74, 6) is 2.33. The second kappa shape index (κ2) is 10.3. The molecule has 1 saturated heterocycles. The van der Waals surface area contributed by atoms with Gasteiger partial charge >= 0.3 is 0 Å². The second-order valence-electron chi connectivity index (χ2n) is 9.05. The van der Waals surface area contributed by atoms with Gasteiger partial charge in [0, 0.05) is 43.7 Å². The Balaban J connectivity index is 1.34. The van der Waals surface area contributed by atoms with Gasteiger partial charge in [-0.3, -0.25) is 9.59 Å². The van der Waals surface area contributed by atoms with Crippen LogP contribution in [0.15, 0.2) is 30.3 Å². The van der Waals surface area contributed by atoms with Crippen LogP contribution in [0, 0.1) is 5.92 Å². The van der Waals surface area contributed by atoms with Gasteiger partial charge in [-0.15, -0.1) is 10.2 Å². The Labute approximate surface area is 200 Å². The summed E-state index contributed by atoms with van der Waals surface area (Å²) in [6, 6.07) is 9.55. The Hall–Kier alpha value is -3.36. The van der Waals surface area contributed by atoms with Crippen LogP contribution in [0.4, 0.5) is 5.82 Å². The lowest BCUT2D eigenvalue weighted by Gasteiger charge is -2.36. The molecule has 1 aromatic carbocycles. The maximum Gasteiger partial charge on any atom is 0.242 e. The largest absolute Gasteiger partial charge is 0.493 e. The number of piperazine rings is 1. The Morgan fingerprint density at radius 1 is 1.00 bits per heavy atom. The van der Waals surface area contributed by atoms with E-state index in [1.54, 1.807) is 19.1 Å². The van der Waals surface area contributed by atoms with Gasteiger partial charge in [0.15, 0.2) is 17.3 Å². The van der Waals surface area contributed by atoms with E-state index in [9.17, 15) is 9.59 Å². The van der Waals surface area contributed by atoms with Crippen molar-refractivity contribution < 1.29 is 19.1 Å². The molecule has 0 spiro atoms. The minimum Gasteiger partial charge on any atom is -0.493 e. The molecule has 2 fully saturated rings. The van der Waals surface area contributed by atoms with Crippen LogP contribution < -0.4 is 14.4 Å². The molecule has 1 saturated carbocycles. The van der Waals surface area contributed by atoms with E-state index >= 15 is 0 Å². The molecule has 2 aromatic rings. The van der Waals surface area contributed by atoms with Crippen LogP contribution in [0.3, 0.4) is 0 Å². The van der Waals surface area contributed by atoms with E-state index in [0.29, 0.717) is 37.7 Å². The molecule has 0 N–H and O–H groups in total. The summed E-state index contributed by atoms with van der Waals surface area (Å²) < 4.78 is 10.7. The number of carbonyl (C=O) groups excluding carboxylic acids is 2. The fourth-order valence-corrected chi connectivity index (χ4v) is 4.15. The monoisotopic (exact) mass is 467 g/mol. The number of benzene rings is 1. The lowest BCUT2D eigenvalue weighted by molar-refractivity contribution is -0.143. The minimum atomic E-state index is 0.0113. The molecule has 1 aliphatic carbocycles. The average molecular weight is 468 g/mol. The summed E-state index contributed by atoms with van der Waals surface area (Å²) in [6.07, 6.45) is 1.89. The van der Waals surface area contributed by atoms with Crippen LogP contribution in [-0.4, -0.2) is 84.8 Å². The number of nitrogens with zero attached hydrogens (tertiary/aromatic N) is 5. The van der Waals surface area contributed by atoms with Gasteiger partial charge < -0.3 is 24.2 Å². The molecule has 0 atom stereocenters. The van der Waals surface area contributed by atoms with Crippen molar-refractivity contribution in [1.29, 1.82) is 0 Å². The third-order valence-electron chi connectivity index (χ3n) is 6.42. The van der Waals surface area contributed by atoms with Crippen LogP contribution in [0.2, 0.25) is 0 Å². The third-order valence-corrected chi connectivity index (χ3v) is 6.42. The molecule has 1 aliphatic heterocycles.